The summed E-state index contributed by atoms with van der Waals surface area (Å²) in [7, 11) is 1.84. The molecule has 4 nitrogen and oxygen atoms in total. The minimum atomic E-state index is 0.680. The maximum absolute atomic E-state index is 6.11. The van der Waals surface area contributed by atoms with E-state index >= 15 is 0 Å². The smallest absolute Gasteiger partial charge is 0.125 e. The summed E-state index contributed by atoms with van der Waals surface area (Å²) in [5.41, 5.74) is 2.97. The molecule has 0 radical (unpaired) electrons. The number of anilines is 1. The fourth-order valence-corrected chi connectivity index (χ4v) is 2.17. The van der Waals surface area contributed by atoms with Crippen LogP contribution in [0.15, 0.2) is 36.7 Å². The average Bonchev–Trinajstić information content (AvgIpc) is 2.86. The van der Waals surface area contributed by atoms with Crippen molar-refractivity contribution >= 4 is 28.3 Å². The van der Waals surface area contributed by atoms with Crippen molar-refractivity contribution in [3.8, 4) is 11.1 Å². The second-order valence-electron chi connectivity index (χ2n) is 3.97. The van der Waals surface area contributed by atoms with Crippen LogP contribution >= 0.6 is 11.6 Å². The normalized spacial score (nSPS) is 10.8. The highest BCUT2D eigenvalue weighted by atomic mass is 35.5. The molecule has 2 aromatic heterocycles. The van der Waals surface area contributed by atoms with E-state index in [9.17, 15) is 0 Å². The molecule has 0 amide bonds. The molecule has 0 spiro atoms. The summed E-state index contributed by atoms with van der Waals surface area (Å²) in [5, 5.41) is 11.7. The highest BCUT2D eigenvalue weighted by Crippen LogP contribution is 2.30. The van der Waals surface area contributed by atoms with E-state index in [1.807, 2.05) is 37.5 Å². The van der Waals surface area contributed by atoms with Crippen molar-refractivity contribution in [3.05, 3.63) is 41.7 Å². The fourth-order valence-electron chi connectivity index (χ4n) is 1.96. The lowest BCUT2D eigenvalue weighted by atomic mass is 10.0. The Morgan fingerprint density at radius 3 is 2.83 bits per heavy atom. The summed E-state index contributed by atoms with van der Waals surface area (Å²) in [6, 6.07) is 7.73. The second kappa shape index (κ2) is 4.31. The molecule has 0 atom stereocenters. The summed E-state index contributed by atoms with van der Waals surface area (Å²) in [6.45, 7) is 0. The Hall–Kier alpha value is -2.07. The van der Waals surface area contributed by atoms with Gasteiger partial charge in [0.15, 0.2) is 0 Å². The molecule has 2 heterocycles. The summed E-state index contributed by atoms with van der Waals surface area (Å²) >= 11 is 6.11. The summed E-state index contributed by atoms with van der Waals surface area (Å²) in [5.74, 6) is 0.837. The molecule has 5 heteroatoms. The van der Waals surface area contributed by atoms with Gasteiger partial charge in [-0.1, -0.05) is 11.6 Å². The largest absolute Gasteiger partial charge is 0.373 e. The third kappa shape index (κ3) is 1.80. The molecule has 90 valence electrons. The van der Waals surface area contributed by atoms with Crippen LogP contribution in [0, 0.1) is 0 Å². The third-order valence-electron chi connectivity index (χ3n) is 2.85. The van der Waals surface area contributed by atoms with Gasteiger partial charge in [-0.25, -0.2) is 4.98 Å². The van der Waals surface area contributed by atoms with E-state index in [4.69, 9.17) is 11.6 Å². The zero-order chi connectivity index (χ0) is 12.5. The summed E-state index contributed by atoms with van der Waals surface area (Å²) in [4.78, 5) is 4.31. The second-order valence-corrected chi connectivity index (χ2v) is 4.40. The van der Waals surface area contributed by atoms with Crippen molar-refractivity contribution < 1.29 is 0 Å². The number of aromatic amines is 1. The third-order valence-corrected chi connectivity index (χ3v) is 3.07. The minimum absolute atomic E-state index is 0.680. The van der Waals surface area contributed by atoms with Crippen molar-refractivity contribution in [3.63, 3.8) is 0 Å². The minimum Gasteiger partial charge on any atom is -0.373 e. The van der Waals surface area contributed by atoms with Crippen LogP contribution in [0.4, 0.5) is 5.82 Å². The number of hydrogen-bond acceptors (Lipinski definition) is 3. The predicted molar refractivity (Wildman–Crippen MR) is 73.9 cm³/mol. The van der Waals surface area contributed by atoms with Gasteiger partial charge in [-0.3, -0.25) is 5.10 Å². The van der Waals surface area contributed by atoms with Gasteiger partial charge in [0, 0.05) is 29.2 Å². The fraction of sp³-hybridized carbons (Fsp3) is 0.0769. The number of nitrogens with one attached hydrogen (secondary N) is 2. The molecule has 3 aromatic rings. The molecule has 0 saturated carbocycles. The average molecular weight is 259 g/mol. The van der Waals surface area contributed by atoms with Crippen LogP contribution < -0.4 is 5.32 Å². The van der Waals surface area contributed by atoms with Crippen LogP contribution in [-0.4, -0.2) is 22.2 Å². The molecule has 1 aromatic carbocycles. The number of halogens is 1. The van der Waals surface area contributed by atoms with Crippen LogP contribution in [0.3, 0.4) is 0 Å². The number of aromatic nitrogens is 3. The Balaban J connectivity index is 2.20. The lowest BCUT2D eigenvalue weighted by molar-refractivity contribution is 1.12. The molecule has 0 bridgehead atoms. The molecule has 0 aliphatic carbocycles. The van der Waals surface area contributed by atoms with E-state index in [-0.39, 0.29) is 0 Å². The van der Waals surface area contributed by atoms with Crippen LogP contribution in [0.25, 0.3) is 22.0 Å². The van der Waals surface area contributed by atoms with E-state index < -0.39 is 0 Å². The highest BCUT2D eigenvalue weighted by molar-refractivity contribution is 6.31. The summed E-state index contributed by atoms with van der Waals surface area (Å²) in [6.07, 6.45) is 3.62. The molecule has 0 aliphatic heterocycles. The molecular weight excluding hydrogens is 248 g/mol. The van der Waals surface area contributed by atoms with Gasteiger partial charge in [-0.05, 0) is 29.8 Å². The molecule has 0 fully saturated rings. The zero-order valence-electron chi connectivity index (χ0n) is 9.74. The van der Waals surface area contributed by atoms with Crippen LogP contribution in [0.1, 0.15) is 0 Å². The molecule has 18 heavy (non-hydrogen) atoms. The van der Waals surface area contributed by atoms with E-state index in [0.29, 0.717) is 5.02 Å². The van der Waals surface area contributed by atoms with Crippen molar-refractivity contribution in [2.24, 2.45) is 0 Å². The number of nitrogens with zero attached hydrogens (tertiary/aromatic N) is 2. The van der Waals surface area contributed by atoms with Gasteiger partial charge in [-0.2, -0.15) is 5.10 Å². The Morgan fingerprint density at radius 1 is 1.22 bits per heavy atom. The number of fused-ring (bicyclic) bond motifs is 1. The van der Waals surface area contributed by atoms with Gasteiger partial charge in [0.05, 0.1) is 11.7 Å². The van der Waals surface area contributed by atoms with Gasteiger partial charge < -0.3 is 5.32 Å². The Kier molecular flexibility index (Phi) is 2.64. The van der Waals surface area contributed by atoms with Crippen LogP contribution in [0.5, 0.6) is 0 Å². The lowest BCUT2D eigenvalue weighted by Gasteiger charge is -2.05. The van der Waals surface area contributed by atoms with Crippen LogP contribution in [-0.2, 0) is 0 Å². The molecule has 0 unspecified atom stereocenters. The van der Waals surface area contributed by atoms with Crippen molar-refractivity contribution in [1.82, 2.24) is 15.2 Å². The number of H-pyrrole nitrogens is 1. The maximum Gasteiger partial charge on any atom is 0.125 e. The van der Waals surface area contributed by atoms with Gasteiger partial charge in [0.2, 0.25) is 0 Å². The Labute approximate surface area is 109 Å². The van der Waals surface area contributed by atoms with Crippen LogP contribution in [0.2, 0.25) is 5.02 Å². The first-order valence-electron chi connectivity index (χ1n) is 5.55. The molecule has 0 aliphatic rings. The number of hydrogen-bond donors (Lipinski definition) is 2. The predicted octanol–water partition coefficient (Wildman–Crippen LogP) is 3.32. The highest BCUT2D eigenvalue weighted by Gasteiger charge is 2.07. The topological polar surface area (TPSA) is 53.6 Å². The number of benzene rings is 1. The molecule has 3 rings (SSSR count). The first kappa shape index (κ1) is 11.0. The summed E-state index contributed by atoms with van der Waals surface area (Å²) < 4.78 is 0. The van der Waals surface area contributed by atoms with E-state index in [1.54, 1.807) is 6.20 Å². The van der Waals surface area contributed by atoms with E-state index in [1.165, 1.54) is 0 Å². The maximum atomic E-state index is 6.11. The molecule has 2 N–H and O–H groups in total. The lowest BCUT2D eigenvalue weighted by Crippen LogP contribution is -1.91. The SMILES string of the molecule is CNc1ccc(-c2cc(Cl)cc3[nH]ncc23)cn1. The van der Waals surface area contributed by atoms with Gasteiger partial charge in [-0.15, -0.1) is 0 Å². The van der Waals surface area contributed by atoms with Crippen molar-refractivity contribution in [1.29, 1.82) is 0 Å². The zero-order valence-corrected chi connectivity index (χ0v) is 10.5. The number of rotatable bonds is 2. The van der Waals surface area contributed by atoms with Gasteiger partial charge >= 0.3 is 0 Å². The first-order valence-corrected chi connectivity index (χ1v) is 5.92. The van der Waals surface area contributed by atoms with Crippen molar-refractivity contribution in [2.45, 2.75) is 0 Å². The monoisotopic (exact) mass is 258 g/mol. The van der Waals surface area contributed by atoms with Crippen molar-refractivity contribution in [2.75, 3.05) is 12.4 Å². The van der Waals surface area contributed by atoms with Gasteiger partial charge in [0.1, 0.15) is 5.82 Å². The molecule has 0 saturated heterocycles. The van der Waals surface area contributed by atoms with E-state index in [0.717, 1.165) is 27.8 Å². The van der Waals surface area contributed by atoms with E-state index in [2.05, 4.69) is 20.5 Å². The van der Waals surface area contributed by atoms with Gasteiger partial charge in [0.25, 0.3) is 0 Å². The Morgan fingerprint density at radius 2 is 2.11 bits per heavy atom. The molecular formula is C13H11ClN4. The quantitative estimate of drug-likeness (QED) is 0.741. The first-order chi connectivity index (χ1) is 8.78. The number of pyridine rings is 1. The Bertz CT molecular complexity index is 688. The standard InChI is InChI=1S/C13H11ClN4/c1-15-13-3-2-8(6-16-13)10-4-9(14)5-12-11(10)7-17-18-12/h2-7H,1H3,(H,15,16)(H,17,18).